The second-order valence-electron chi connectivity index (χ2n) is 6.74. The van der Waals surface area contributed by atoms with E-state index in [4.69, 9.17) is 0 Å². The summed E-state index contributed by atoms with van der Waals surface area (Å²) < 4.78 is 0. The Bertz CT molecular complexity index is 811. The number of nitrogens with zero attached hydrogens (tertiary/aromatic N) is 1. The Labute approximate surface area is 142 Å². The number of benzene rings is 2. The molecule has 3 amide bonds. The molecule has 1 aliphatic heterocycles. The van der Waals surface area contributed by atoms with Gasteiger partial charge in [0.2, 0.25) is 0 Å². The van der Waals surface area contributed by atoms with Crippen LogP contribution in [-0.4, -0.2) is 16.8 Å². The molecule has 24 heavy (non-hydrogen) atoms. The first-order valence-corrected chi connectivity index (χ1v) is 8.08. The van der Waals surface area contributed by atoms with Crippen LogP contribution in [0, 0.1) is 20.8 Å². The van der Waals surface area contributed by atoms with Gasteiger partial charge >= 0.3 is 6.03 Å². The Morgan fingerprint density at radius 3 is 2.25 bits per heavy atom. The summed E-state index contributed by atoms with van der Waals surface area (Å²) in [7, 11) is 0. The monoisotopic (exact) mass is 322 g/mol. The first-order valence-electron chi connectivity index (χ1n) is 8.08. The standard InChI is InChI=1S/C20H22N2O2/c1-13-6-9-17(10-7-13)20(4)18(23)22(19(24)21-20)12-16-11-14(2)5-8-15(16)3/h5-11H,12H2,1-4H3,(H,21,24)/t20-/m1/s1. The van der Waals surface area contributed by atoms with E-state index in [0.717, 1.165) is 27.8 Å². The fourth-order valence-corrected chi connectivity index (χ4v) is 3.06. The molecule has 2 aromatic carbocycles. The lowest BCUT2D eigenvalue weighted by Gasteiger charge is -2.22. The Balaban J connectivity index is 1.91. The van der Waals surface area contributed by atoms with Crippen molar-refractivity contribution in [3.8, 4) is 0 Å². The Morgan fingerprint density at radius 2 is 1.58 bits per heavy atom. The number of imide groups is 1. The molecule has 1 aliphatic rings. The third kappa shape index (κ3) is 2.68. The van der Waals surface area contributed by atoms with Crippen LogP contribution in [0.3, 0.4) is 0 Å². The maximum Gasteiger partial charge on any atom is 0.325 e. The van der Waals surface area contributed by atoms with E-state index in [-0.39, 0.29) is 11.9 Å². The molecule has 1 fully saturated rings. The van der Waals surface area contributed by atoms with Crippen molar-refractivity contribution in [3.63, 3.8) is 0 Å². The smallest absolute Gasteiger partial charge is 0.319 e. The van der Waals surface area contributed by atoms with Crippen molar-refractivity contribution < 1.29 is 9.59 Å². The van der Waals surface area contributed by atoms with Crippen molar-refractivity contribution >= 4 is 11.9 Å². The third-order valence-electron chi connectivity index (χ3n) is 4.74. The van der Waals surface area contributed by atoms with Gasteiger partial charge in [0, 0.05) is 0 Å². The van der Waals surface area contributed by atoms with Gasteiger partial charge in [0.1, 0.15) is 5.54 Å². The highest BCUT2D eigenvalue weighted by Gasteiger charge is 2.48. The van der Waals surface area contributed by atoms with E-state index in [1.165, 1.54) is 4.90 Å². The summed E-state index contributed by atoms with van der Waals surface area (Å²) in [6.07, 6.45) is 0. The SMILES string of the molecule is Cc1ccc([C@@]2(C)NC(=O)N(Cc3cc(C)ccc3C)C2=O)cc1. The fraction of sp³-hybridized carbons (Fsp3) is 0.300. The minimum atomic E-state index is -1.01. The predicted octanol–water partition coefficient (Wildman–Crippen LogP) is 3.58. The van der Waals surface area contributed by atoms with Crippen molar-refractivity contribution in [1.29, 1.82) is 0 Å². The van der Waals surface area contributed by atoms with Crippen LogP contribution in [-0.2, 0) is 16.9 Å². The molecule has 0 radical (unpaired) electrons. The summed E-state index contributed by atoms with van der Waals surface area (Å²) in [5.41, 5.74) is 4.09. The van der Waals surface area contributed by atoms with Gasteiger partial charge in [-0.1, -0.05) is 53.6 Å². The number of carbonyl (C=O) groups is 2. The number of aryl methyl sites for hydroxylation is 3. The number of rotatable bonds is 3. The van der Waals surface area contributed by atoms with Crippen LogP contribution in [0.2, 0.25) is 0 Å². The minimum absolute atomic E-state index is 0.211. The molecule has 3 rings (SSSR count). The van der Waals surface area contributed by atoms with E-state index in [1.807, 2.05) is 63.2 Å². The molecule has 1 saturated heterocycles. The van der Waals surface area contributed by atoms with Crippen molar-refractivity contribution in [2.45, 2.75) is 39.8 Å². The molecular formula is C20H22N2O2. The molecule has 0 bridgehead atoms. The van der Waals surface area contributed by atoms with E-state index >= 15 is 0 Å². The van der Waals surface area contributed by atoms with Gasteiger partial charge in [-0.2, -0.15) is 0 Å². The van der Waals surface area contributed by atoms with Crippen molar-refractivity contribution in [2.75, 3.05) is 0 Å². The van der Waals surface area contributed by atoms with Crippen LogP contribution in [0.15, 0.2) is 42.5 Å². The molecule has 0 spiro atoms. The number of hydrogen-bond donors (Lipinski definition) is 1. The van der Waals surface area contributed by atoms with Gasteiger partial charge in [-0.05, 0) is 44.4 Å². The highest BCUT2D eigenvalue weighted by molar-refractivity contribution is 6.07. The molecule has 4 nitrogen and oxygen atoms in total. The van der Waals surface area contributed by atoms with E-state index in [2.05, 4.69) is 5.32 Å². The van der Waals surface area contributed by atoms with Crippen LogP contribution < -0.4 is 5.32 Å². The number of hydrogen-bond acceptors (Lipinski definition) is 2. The maximum absolute atomic E-state index is 13.0. The average molecular weight is 322 g/mol. The molecule has 0 aliphatic carbocycles. The molecule has 124 valence electrons. The maximum atomic E-state index is 13.0. The van der Waals surface area contributed by atoms with Gasteiger partial charge in [-0.3, -0.25) is 9.69 Å². The molecular weight excluding hydrogens is 300 g/mol. The Kier molecular flexibility index (Phi) is 3.91. The largest absolute Gasteiger partial charge is 0.325 e. The normalized spacial score (nSPS) is 20.4. The lowest BCUT2D eigenvalue weighted by atomic mass is 9.91. The molecule has 0 aromatic heterocycles. The molecule has 1 N–H and O–H groups in total. The molecule has 0 unspecified atom stereocenters. The van der Waals surface area contributed by atoms with Gasteiger partial charge in [0.25, 0.3) is 5.91 Å². The Morgan fingerprint density at radius 1 is 0.958 bits per heavy atom. The van der Waals surface area contributed by atoms with Gasteiger partial charge in [-0.25, -0.2) is 4.79 Å². The van der Waals surface area contributed by atoms with E-state index < -0.39 is 5.54 Å². The summed E-state index contributed by atoms with van der Waals surface area (Å²) in [6.45, 7) is 8.05. The lowest BCUT2D eigenvalue weighted by molar-refractivity contribution is -0.131. The highest BCUT2D eigenvalue weighted by atomic mass is 16.2. The third-order valence-corrected chi connectivity index (χ3v) is 4.74. The van der Waals surface area contributed by atoms with Crippen LogP contribution in [0.1, 0.15) is 34.7 Å². The predicted molar refractivity (Wildman–Crippen MR) is 93.5 cm³/mol. The molecule has 1 heterocycles. The zero-order valence-electron chi connectivity index (χ0n) is 14.5. The summed E-state index contributed by atoms with van der Waals surface area (Å²) in [6, 6.07) is 13.4. The van der Waals surface area contributed by atoms with Gasteiger partial charge in [0.05, 0.1) is 6.54 Å². The summed E-state index contributed by atoms with van der Waals surface area (Å²) >= 11 is 0. The van der Waals surface area contributed by atoms with E-state index in [0.29, 0.717) is 6.54 Å². The van der Waals surface area contributed by atoms with Crippen molar-refractivity contribution in [3.05, 3.63) is 70.3 Å². The molecule has 0 saturated carbocycles. The van der Waals surface area contributed by atoms with Gasteiger partial charge < -0.3 is 5.32 Å². The first-order chi connectivity index (χ1) is 11.3. The van der Waals surface area contributed by atoms with Crippen LogP contribution in [0.5, 0.6) is 0 Å². The van der Waals surface area contributed by atoms with Gasteiger partial charge in [0.15, 0.2) is 0 Å². The van der Waals surface area contributed by atoms with Crippen LogP contribution in [0.4, 0.5) is 4.79 Å². The number of amides is 3. The van der Waals surface area contributed by atoms with Gasteiger partial charge in [-0.15, -0.1) is 0 Å². The van der Waals surface area contributed by atoms with Crippen LogP contribution in [0.25, 0.3) is 0 Å². The molecule has 1 atom stereocenters. The van der Waals surface area contributed by atoms with Crippen LogP contribution >= 0.6 is 0 Å². The fourth-order valence-electron chi connectivity index (χ4n) is 3.06. The second kappa shape index (κ2) is 5.78. The zero-order chi connectivity index (χ0) is 17.5. The number of urea groups is 1. The molecule has 4 heteroatoms. The second-order valence-corrected chi connectivity index (χ2v) is 6.74. The number of carbonyl (C=O) groups excluding carboxylic acids is 2. The number of nitrogens with one attached hydrogen (secondary N) is 1. The van der Waals surface area contributed by atoms with E-state index in [1.54, 1.807) is 6.92 Å². The summed E-state index contributed by atoms with van der Waals surface area (Å²) in [4.78, 5) is 26.7. The quantitative estimate of drug-likeness (QED) is 0.878. The lowest BCUT2D eigenvalue weighted by Crippen LogP contribution is -2.40. The Hall–Kier alpha value is -2.62. The van der Waals surface area contributed by atoms with Crippen molar-refractivity contribution in [2.24, 2.45) is 0 Å². The van der Waals surface area contributed by atoms with Crippen molar-refractivity contribution in [1.82, 2.24) is 10.2 Å². The zero-order valence-corrected chi connectivity index (χ0v) is 14.5. The summed E-state index contributed by atoms with van der Waals surface area (Å²) in [5.74, 6) is -0.211. The summed E-state index contributed by atoms with van der Waals surface area (Å²) in [5, 5.41) is 2.86. The minimum Gasteiger partial charge on any atom is -0.319 e. The average Bonchev–Trinajstić information content (AvgIpc) is 2.75. The first kappa shape index (κ1) is 16.2. The highest BCUT2D eigenvalue weighted by Crippen LogP contribution is 2.30. The van der Waals surface area contributed by atoms with E-state index in [9.17, 15) is 9.59 Å². The molecule has 2 aromatic rings. The topological polar surface area (TPSA) is 49.4 Å².